The number of aliphatic imine (C=N–C) groups is 1. The molecule has 0 aliphatic carbocycles. The first kappa shape index (κ1) is 31.7. The number of benzene rings is 1. The molecule has 5 atom stereocenters. The van der Waals surface area contributed by atoms with Gasteiger partial charge in [-0.2, -0.15) is 12.6 Å². The van der Waals surface area contributed by atoms with Crippen molar-refractivity contribution in [2.45, 2.75) is 63.7 Å². The summed E-state index contributed by atoms with van der Waals surface area (Å²) in [6, 6.07) is 4.76. The number of nitrogens with zero attached hydrogens (tertiary/aromatic N) is 1. The fraction of sp³-hybridized carbons (Fsp3) is 0.542. The molecule has 3 amide bonds. The zero-order valence-electron chi connectivity index (χ0n) is 21.2. The molecule has 1 aromatic rings. The molecule has 1 aromatic carbocycles. The summed E-state index contributed by atoms with van der Waals surface area (Å²) in [6.45, 7) is 3.77. The van der Waals surface area contributed by atoms with Gasteiger partial charge in [0.25, 0.3) is 0 Å². The van der Waals surface area contributed by atoms with E-state index < -0.39 is 47.9 Å². The highest BCUT2D eigenvalue weighted by Crippen LogP contribution is 2.10. The van der Waals surface area contributed by atoms with Crippen LogP contribution in [-0.2, 0) is 25.6 Å². The first-order valence-electron chi connectivity index (χ1n) is 12.1. The fourth-order valence-electron chi connectivity index (χ4n) is 3.40. The van der Waals surface area contributed by atoms with Crippen molar-refractivity contribution in [1.29, 1.82) is 0 Å². The van der Waals surface area contributed by atoms with E-state index in [-0.39, 0.29) is 37.0 Å². The predicted octanol–water partition coefficient (Wildman–Crippen LogP) is -0.875. The Kier molecular flexibility index (Phi) is 14.1. The van der Waals surface area contributed by atoms with Gasteiger partial charge < -0.3 is 38.3 Å². The Morgan fingerprint density at radius 2 is 1.59 bits per heavy atom. The molecule has 0 radical (unpaired) electrons. The largest absolute Gasteiger partial charge is 0.480 e. The minimum absolute atomic E-state index is 0.0688. The third kappa shape index (κ3) is 11.5. The number of amides is 3. The number of carbonyl (C=O) groups excluding carboxylic acids is 3. The predicted molar refractivity (Wildman–Crippen MR) is 145 cm³/mol. The number of rotatable bonds is 16. The van der Waals surface area contributed by atoms with Gasteiger partial charge in [-0.25, -0.2) is 4.79 Å². The van der Waals surface area contributed by atoms with Crippen molar-refractivity contribution in [2.24, 2.45) is 28.1 Å². The Labute approximate surface area is 222 Å². The Bertz CT molecular complexity index is 927. The fourth-order valence-corrected chi connectivity index (χ4v) is 3.57. The molecule has 0 bridgehead atoms. The van der Waals surface area contributed by atoms with Gasteiger partial charge in [0.15, 0.2) is 5.96 Å². The first-order chi connectivity index (χ1) is 17.5. The quantitative estimate of drug-likeness (QED) is 0.0572. The first-order valence-corrected chi connectivity index (χ1v) is 12.7. The zero-order chi connectivity index (χ0) is 28.0. The SMILES string of the molecule is CCC(C)C(NC(=O)C(Cc1ccccc1)NC(=O)C(CCCN=C(N)N)NC(=O)C(N)CS)C(=O)O. The van der Waals surface area contributed by atoms with Crippen LogP contribution in [-0.4, -0.2) is 71.2 Å². The standard InChI is InChI=1S/C24H39N7O5S/c1-3-14(2)19(23(35)36)31-22(34)18(12-15-8-5-4-6-9-15)30-21(33)17(10-7-11-28-24(26)27)29-20(32)16(25)13-37/h4-6,8-9,14,16-19,37H,3,7,10-13,25H2,1-2H3,(H,29,32)(H,30,33)(H,31,34)(H,35,36)(H4,26,27,28). The van der Waals surface area contributed by atoms with Crippen LogP contribution in [0.2, 0.25) is 0 Å². The van der Waals surface area contributed by atoms with E-state index in [2.05, 4.69) is 33.6 Å². The summed E-state index contributed by atoms with van der Waals surface area (Å²) >= 11 is 4.01. The molecule has 37 heavy (non-hydrogen) atoms. The van der Waals surface area contributed by atoms with Crippen LogP contribution < -0.4 is 33.2 Å². The Morgan fingerprint density at radius 3 is 2.14 bits per heavy atom. The topological polar surface area (TPSA) is 215 Å². The normalized spacial score (nSPS) is 14.8. The van der Waals surface area contributed by atoms with E-state index in [1.807, 2.05) is 13.0 Å². The van der Waals surface area contributed by atoms with Crippen molar-refractivity contribution in [3.63, 3.8) is 0 Å². The van der Waals surface area contributed by atoms with Crippen molar-refractivity contribution in [3.05, 3.63) is 35.9 Å². The van der Waals surface area contributed by atoms with Crippen molar-refractivity contribution in [3.8, 4) is 0 Å². The van der Waals surface area contributed by atoms with Crippen LogP contribution in [0.1, 0.15) is 38.7 Å². The minimum atomic E-state index is -1.17. The van der Waals surface area contributed by atoms with Crippen molar-refractivity contribution >= 4 is 42.3 Å². The number of carbonyl (C=O) groups is 4. The summed E-state index contributed by atoms with van der Waals surface area (Å²) in [7, 11) is 0. The van der Waals surface area contributed by atoms with Crippen LogP contribution in [0.15, 0.2) is 35.3 Å². The maximum absolute atomic E-state index is 13.3. The lowest BCUT2D eigenvalue weighted by atomic mass is 9.98. The van der Waals surface area contributed by atoms with Gasteiger partial charge in [-0.3, -0.25) is 19.4 Å². The molecular formula is C24H39N7O5S. The van der Waals surface area contributed by atoms with Gasteiger partial charge in [-0.1, -0.05) is 50.6 Å². The molecule has 12 nitrogen and oxygen atoms in total. The molecule has 0 aromatic heterocycles. The molecule has 0 fully saturated rings. The maximum atomic E-state index is 13.3. The van der Waals surface area contributed by atoms with Crippen LogP contribution in [0.25, 0.3) is 0 Å². The van der Waals surface area contributed by atoms with E-state index in [1.54, 1.807) is 31.2 Å². The molecule has 10 N–H and O–H groups in total. The maximum Gasteiger partial charge on any atom is 0.326 e. The lowest BCUT2D eigenvalue weighted by Crippen LogP contribution is -2.58. The van der Waals surface area contributed by atoms with E-state index >= 15 is 0 Å². The summed E-state index contributed by atoms with van der Waals surface area (Å²) in [5.74, 6) is -3.39. The average molecular weight is 538 g/mol. The van der Waals surface area contributed by atoms with Crippen molar-refractivity contribution < 1.29 is 24.3 Å². The zero-order valence-corrected chi connectivity index (χ0v) is 22.1. The molecule has 0 spiro atoms. The molecule has 0 saturated carbocycles. The van der Waals surface area contributed by atoms with Crippen LogP contribution in [0.5, 0.6) is 0 Å². The lowest BCUT2D eigenvalue weighted by Gasteiger charge is -2.26. The second-order valence-corrected chi connectivity index (χ2v) is 9.13. The highest BCUT2D eigenvalue weighted by molar-refractivity contribution is 7.80. The molecule has 206 valence electrons. The van der Waals surface area contributed by atoms with Gasteiger partial charge >= 0.3 is 5.97 Å². The van der Waals surface area contributed by atoms with E-state index in [1.165, 1.54) is 0 Å². The number of hydrogen-bond donors (Lipinski definition) is 8. The molecule has 5 unspecified atom stereocenters. The molecule has 0 aliphatic rings. The van der Waals surface area contributed by atoms with Gasteiger partial charge in [0.05, 0.1) is 6.04 Å². The number of carboxylic acids is 1. The highest BCUT2D eigenvalue weighted by Gasteiger charge is 2.32. The summed E-state index contributed by atoms with van der Waals surface area (Å²) in [6.07, 6.45) is 1.16. The Balaban J connectivity index is 3.15. The average Bonchev–Trinajstić information content (AvgIpc) is 2.87. The van der Waals surface area contributed by atoms with Gasteiger partial charge in [-0.05, 0) is 24.3 Å². The van der Waals surface area contributed by atoms with Gasteiger partial charge in [0.2, 0.25) is 17.7 Å². The summed E-state index contributed by atoms with van der Waals surface area (Å²) in [4.78, 5) is 54.5. The van der Waals surface area contributed by atoms with Gasteiger partial charge in [0.1, 0.15) is 18.1 Å². The monoisotopic (exact) mass is 537 g/mol. The molecule has 0 heterocycles. The summed E-state index contributed by atoms with van der Waals surface area (Å²) < 4.78 is 0. The van der Waals surface area contributed by atoms with Gasteiger partial charge in [0, 0.05) is 18.7 Å². The van der Waals surface area contributed by atoms with E-state index in [0.717, 1.165) is 5.56 Å². The Morgan fingerprint density at radius 1 is 1.00 bits per heavy atom. The number of aliphatic carboxylic acids is 1. The van der Waals surface area contributed by atoms with Crippen LogP contribution in [0, 0.1) is 5.92 Å². The summed E-state index contributed by atoms with van der Waals surface area (Å²) in [5, 5.41) is 17.4. The molecular weight excluding hydrogens is 498 g/mol. The van der Waals surface area contributed by atoms with E-state index in [0.29, 0.717) is 12.8 Å². The minimum Gasteiger partial charge on any atom is -0.480 e. The molecule has 0 saturated heterocycles. The second-order valence-electron chi connectivity index (χ2n) is 8.76. The molecule has 0 aliphatic heterocycles. The smallest absolute Gasteiger partial charge is 0.326 e. The third-order valence-corrected chi connectivity index (χ3v) is 6.20. The van der Waals surface area contributed by atoms with Crippen LogP contribution in [0.4, 0.5) is 0 Å². The number of nitrogens with one attached hydrogen (secondary N) is 3. The number of guanidine groups is 1. The van der Waals surface area contributed by atoms with Crippen LogP contribution >= 0.6 is 12.6 Å². The highest BCUT2D eigenvalue weighted by atomic mass is 32.1. The second kappa shape index (κ2) is 16.4. The number of hydrogen-bond acceptors (Lipinski definition) is 7. The van der Waals surface area contributed by atoms with E-state index in [9.17, 15) is 24.3 Å². The summed E-state index contributed by atoms with van der Waals surface area (Å²) in [5.41, 5.74) is 17.2. The van der Waals surface area contributed by atoms with Crippen LogP contribution in [0.3, 0.4) is 0 Å². The lowest BCUT2D eigenvalue weighted by molar-refractivity contribution is -0.143. The van der Waals surface area contributed by atoms with Gasteiger partial charge in [-0.15, -0.1) is 0 Å². The number of carboxylic acid groups (broad SMARTS) is 1. The van der Waals surface area contributed by atoms with Crippen molar-refractivity contribution in [2.75, 3.05) is 12.3 Å². The van der Waals surface area contributed by atoms with E-state index in [4.69, 9.17) is 17.2 Å². The number of nitrogens with two attached hydrogens (primary N) is 3. The molecule has 13 heteroatoms. The third-order valence-electron chi connectivity index (χ3n) is 5.80. The Hall–Kier alpha value is -3.32. The number of thiol groups is 1. The molecule has 1 rings (SSSR count). The van der Waals surface area contributed by atoms with Crippen molar-refractivity contribution in [1.82, 2.24) is 16.0 Å².